The molecule has 1 aromatic heterocycles. The smallest absolute Gasteiger partial charge is 0.266 e. The van der Waals surface area contributed by atoms with Crippen LogP contribution in [0.15, 0.2) is 23.7 Å². The normalized spacial score (nSPS) is 14.3. The maximum atomic E-state index is 12.4. The second-order valence-corrected chi connectivity index (χ2v) is 5.58. The molecular weight excluding hydrogens is 258 g/mol. The van der Waals surface area contributed by atoms with Crippen molar-refractivity contribution in [1.82, 2.24) is 9.88 Å². The van der Waals surface area contributed by atoms with Crippen LogP contribution in [0.2, 0.25) is 0 Å². The van der Waals surface area contributed by atoms with Crippen LogP contribution >= 0.6 is 11.3 Å². The van der Waals surface area contributed by atoms with E-state index in [-0.39, 0.29) is 5.91 Å². The Morgan fingerprint density at radius 2 is 2.32 bits per heavy atom. The molecule has 5 heteroatoms. The Kier molecular flexibility index (Phi) is 2.98. The second kappa shape index (κ2) is 4.66. The first-order valence-electron chi connectivity index (χ1n) is 6.22. The van der Waals surface area contributed by atoms with Crippen LogP contribution in [-0.2, 0) is 13.0 Å². The van der Waals surface area contributed by atoms with Gasteiger partial charge in [0, 0.05) is 18.8 Å². The maximum absolute atomic E-state index is 12.4. The maximum Gasteiger partial charge on any atom is 0.266 e. The fraction of sp³-hybridized carbons (Fsp3) is 0.286. The summed E-state index contributed by atoms with van der Waals surface area (Å²) in [7, 11) is 0. The largest absolute Gasteiger partial charge is 0.398 e. The third-order valence-corrected chi connectivity index (χ3v) is 4.45. The van der Waals surface area contributed by atoms with E-state index < -0.39 is 0 Å². The Labute approximate surface area is 115 Å². The molecule has 1 amide bonds. The third-order valence-electron chi connectivity index (χ3n) is 3.53. The Hall–Kier alpha value is -1.88. The highest BCUT2D eigenvalue weighted by Gasteiger charge is 2.24. The van der Waals surface area contributed by atoms with Gasteiger partial charge in [-0.3, -0.25) is 4.79 Å². The van der Waals surface area contributed by atoms with Crippen LogP contribution in [0.3, 0.4) is 0 Å². The third kappa shape index (κ3) is 2.10. The number of rotatable bonds is 1. The van der Waals surface area contributed by atoms with E-state index in [9.17, 15) is 4.79 Å². The number of benzene rings is 1. The minimum absolute atomic E-state index is 0.0769. The first kappa shape index (κ1) is 12.2. The molecule has 1 aromatic carbocycles. The number of anilines is 1. The van der Waals surface area contributed by atoms with Crippen molar-refractivity contribution in [2.75, 3.05) is 12.3 Å². The zero-order valence-electron chi connectivity index (χ0n) is 10.7. The Balaban J connectivity index is 1.87. The molecule has 0 atom stereocenters. The van der Waals surface area contributed by atoms with E-state index in [1.165, 1.54) is 16.9 Å². The van der Waals surface area contributed by atoms with Crippen LogP contribution in [0.1, 0.15) is 26.5 Å². The molecule has 0 aliphatic carbocycles. The van der Waals surface area contributed by atoms with Crippen molar-refractivity contribution in [3.8, 4) is 0 Å². The standard InChI is InChI=1S/C14H15N3OS/c1-9-13(19-8-16-9)14(18)17-6-5-11-10(7-17)3-2-4-12(11)15/h2-4,8H,5-7,15H2,1H3. The highest BCUT2D eigenvalue weighted by Crippen LogP contribution is 2.26. The number of hydrogen-bond donors (Lipinski definition) is 1. The van der Waals surface area contributed by atoms with Crippen LogP contribution in [0.5, 0.6) is 0 Å². The zero-order chi connectivity index (χ0) is 13.4. The number of aromatic nitrogens is 1. The average Bonchev–Trinajstić information content (AvgIpc) is 2.84. The number of nitrogen functional groups attached to an aromatic ring is 1. The van der Waals surface area contributed by atoms with Crippen molar-refractivity contribution in [3.63, 3.8) is 0 Å². The molecule has 0 spiro atoms. The van der Waals surface area contributed by atoms with Crippen molar-refractivity contribution in [2.24, 2.45) is 0 Å². The number of carbonyl (C=O) groups excluding carboxylic acids is 1. The van der Waals surface area contributed by atoms with Gasteiger partial charge in [-0.1, -0.05) is 12.1 Å². The topological polar surface area (TPSA) is 59.2 Å². The van der Waals surface area contributed by atoms with E-state index in [1.54, 1.807) is 5.51 Å². The molecule has 19 heavy (non-hydrogen) atoms. The summed E-state index contributed by atoms with van der Waals surface area (Å²) in [4.78, 5) is 19.2. The quantitative estimate of drug-likeness (QED) is 0.811. The van der Waals surface area contributed by atoms with E-state index in [0.29, 0.717) is 6.54 Å². The van der Waals surface area contributed by atoms with Crippen LogP contribution in [0.4, 0.5) is 5.69 Å². The average molecular weight is 273 g/mol. The number of nitrogens with zero attached hydrogens (tertiary/aromatic N) is 2. The van der Waals surface area contributed by atoms with Crippen LogP contribution in [0, 0.1) is 6.92 Å². The van der Waals surface area contributed by atoms with E-state index in [0.717, 1.165) is 34.8 Å². The lowest BCUT2D eigenvalue weighted by Gasteiger charge is -2.29. The highest BCUT2D eigenvalue weighted by molar-refractivity contribution is 7.11. The van der Waals surface area contributed by atoms with Gasteiger partial charge in [-0.25, -0.2) is 4.98 Å². The summed E-state index contributed by atoms with van der Waals surface area (Å²) in [6, 6.07) is 5.91. The van der Waals surface area contributed by atoms with Gasteiger partial charge < -0.3 is 10.6 Å². The predicted octanol–water partition coefficient (Wildman–Crippen LogP) is 2.23. The molecule has 2 heterocycles. The van der Waals surface area contributed by atoms with E-state index >= 15 is 0 Å². The van der Waals surface area contributed by atoms with Gasteiger partial charge in [0.25, 0.3) is 5.91 Å². The van der Waals surface area contributed by atoms with Gasteiger partial charge in [0.2, 0.25) is 0 Å². The van der Waals surface area contributed by atoms with Crippen molar-refractivity contribution in [3.05, 3.63) is 45.4 Å². The molecule has 0 radical (unpaired) electrons. The first-order valence-corrected chi connectivity index (χ1v) is 7.10. The van der Waals surface area contributed by atoms with Crippen LogP contribution in [-0.4, -0.2) is 22.3 Å². The number of carbonyl (C=O) groups is 1. The molecule has 2 N–H and O–H groups in total. The lowest BCUT2D eigenvalue weighted by atomic mass is 9.98. The summed E-state index contributed by atoms with van der Waals surface area (Å²) in [5.41, 5.74) is 11.7. The first-order chi connectivity index (χ1) is 9.16. The molecular formula is C14H15N3OS. The van der Waals surface area contributed by atoms with Gasteiger partial charge in [-0.15, -0.1) is 11.3 Å². The molecule has 0 saturated carbocycles. The summed E-state index contributed by atoms with van der Waals surface area (Å²) in [6.45, 7) is 3.23. The van der Waals surface area contributed by atoms with Gasteiger partial charge in [0.1, 0.15) is 4.88 Å². The molecule has 0 unspecified atom stereocenters. The molecule has 0 fully saturated rings. The fourth-order valence-electron chi connectivity index (χ4n) is 2.46. The highest BCUT2D eigenvalue weighted by atomic mass is 32.1. The number of thiazole rings is 1. The number of aryl methyl sites for hydroxylation is 1. The van der Waals surface area contributed by atoms with E-state index in [1.807, 2.05) is 30.0 Å². The van der Waals surface area contributed by atoms with Gasteiger partial charge in [-0.05, 0) is 30.5 Å². The Morgan fingerprint density at radius 1 is 1.47 bits per heavy atom. The molecule has 0 bridgehead atoms. The molecule has 0 saturated heterocycles. The van der Waals surface area contributed by atoms with Gasteiger partial charge in [0.15, 0.2) is 0 Å². The molecule has 3 rings (SSSR count). The number of hydrogen-bond acceptors (Lipinski definition) is 4. The molecule has 4 nitrogen and oxygen atoms in total. The van der Waals surface area contributed by atoms with Crippen LogP contribution in [0.25, 0.3) is 0 Å². The van der Waals surface area contributed by atoms with Gasteiger partial charge in [0.05, 0.1) is 11.2 Å². The Bertz CT molecular complexity index is 635. The minimum atomic E-state index is 0.0769. The van der Waals surface area contributed by atoms with Gasteiger partial charge >= 0.3 is 0 Å². The van der Waals surface area contributed by atoms with Crippen molar-refractivity contribution >= 4 is 22.9 Å². The molecule has 98 valence electrons. The molecule has 1 aliphatic heterocycles. The summed E-state index contributed by atoms with van der Waals surface area (Å²) in [5.74, 6) is 0.0769. The summed E-state index contributed by atoms with van der Waals surface area (Å²) < 4.78 is 0. The van der Waals surface area contributed by atoms with Gasteiger partial charge in [-0.2, -0.15) is 0 Å². The minimum Gasteiger partial charge on any atom is -0.398 e. The monoisotopic (exact) mass is 273 g/mol. The lowest BCUT2D eigenvalue weighted by molar-refractivity contribution is 0.0739. The zero-order valence-corrected chi connectivity index (χ0v) is 11.5. The SMILES string of the molecule is Cc1ncsc1C(=O)N1CCc2c(N)cccc2C1. The summed E-state index contributed by atoms with van der Waals surface area (Å²) in [6.07, 6.45) is 0.825. The number of fused-ring (bicyclic) bond motifs is 1. The Morgan fingerprint density at radius 3 is 3.05 bits per heavy atom. The number of amides is 1. The molecule has 1 aliphatic rings. The summed E-state index contributed by atoms with van der Waals surface area (Å²) >= 11 is 1.41. The lowest BCUT2D eigenvalue weighted by Crippen LogP contribution is -2.36. The second-order valence-electron chi connectivity index (χ2n) is 4.73. The van der Waals surface area contributed by atoms with E-state index in [4.69, 9.17) is 5.73 Å². The van der Waals surface area contributed by atoms with Crippen molar-refractivity contribution < 1.29 is 4.79 Å². The summed E-state index contributed by atoms with van der Waals surface area (Å²) in [5, 5.41) is 0. The van der Waals surface area contributed by atoms with Crippen LogP contribution < -0.4 is 5.73 Å². The molecule has 2 aromatic rings. The van der Waals surface area contributed by atoms with E-state index in [2.05, 4.69) is 4.98 Å². The predicted molar refractivity (Wildman–Crippen MR) is 76.1 cm³/mol. The number of nitrogens with two attached hydrogens (primary N) is 1. The fourth-order valence-corrected chi connectivity index (χ4v) is 3.23. The van der Waals surface area contributed by atoms with Crippen molar-refractivity contribution in [1.29, 1.82) is 0 Å². The van der Waals surface area contributed by atoms with Crippen molar-refractivity contribution in [2.45, 2.75) is 19.9 Å².